The molecule has 3 saturated heterocycles. The van der Waals surface area contributed by atoms with Gasteiger partial charge in [-0.3, -0.25) is 14.4 Å². The molecular formula is C34H47ClN2O6. The van der Waals surface area contributed by atoms with Crippen molar-refractivity contribution in [1.29, 1.82) is 0 Å². The number of ether oxygens (including phenoxy) is 2. The van der Waals surface area contributed by atoms with E-state index in [1.807, 2.05) is 39.0 Å². The summed E-state index contributed by atoms with van der Waals surface area (Å²) in [6.45, 7) is 14.4. The van der Waals surface area contributed by atoms with Gasteiger partial charge >= 0.3 is 5.97 Å². The Morgan fingerprint density at radius 1 is 1.19 bits per heavy atom. The minimum Gasteiger partial charge on any atom is -0.465 e. The number of fused-ring (bicyclic) bond motifs is 1. The number of para-hydroxylation sites is 1. The van der Waals surface area contributed by atoms with E-state index in [0.717, 1.165) is 31.2 Å². The summed E-state index contributed by atoms with van der Waals surface area (Å²) in [5.41, 5.74) is -0.708. The normalized spacial score (nSPS) is 29.0. The van der Waals surface area contributed by atoms with Crippen molar-refractivity contribution in [3.63, 3.8) is 0 Å². The number of unbranched alkanes of at least 4 members (excludes halogenated alkanes) is 5. The number of rotatable bonds is 16. The van der Waals surface area contributed by atoms with E-state index in [1.54, 1.807) is 21.9 Å². The summed E-state index contributed by atoms with van der Waals surface area (Å²) in [4.78, 5) is 46.2. The molecule has 3 heterocycles. The quantitative estimate of drug-likeness (QED) is 0.147. The van der Waals surface area contributed by atoms with E-state index in [4.69, 9.17) is 21.1 Å². The van der Waals surface area contributed by atoms with Crippen molar-refractivity contribution in [3.05, 3.63) is 54.1 Å². The number of aliphatic hydroxyl groups is 1. The Morgan fingerprint density at radius 3 is 2.60 bits per heavy atom. The Hall–Kier alpha value is -2.68. The number of aryl methyl sites for hydroxylation is 1. The molecule has 0 saturated carbocycles. The van der Waals surface area contributed by atoms with Gasteiger partial charge in [0.1, 0.15) is 17.6 Å². The van der Waals surface area contributed by atoms with Crippen LogP contribution in [0.4, 0.5) is 5.69 Å². The summed E-state index contributed by atoms with van der Waals surface area (Å²) < 4.78 is 12.6. The standard InChI is InChI=1S/C34H47ClN2O6/c1-6-8-9-14-21-42-32(41)27-26-30(39)37(19-12-10-11-13-20-38)29(34(26)22-24(4)33(27,5)43-34)31(40)36(18-7-2)28-23(3)16-15-17-25(28)35/h6-7,15-17,24,26-27,29,38H,1-2,8-14,18-22H2,3-5H3/t24?,26-,27-,29?,33+,34?/m0/s1. The second-order valence-electron chi connectivity index (χ2n) is 12.5. The summed E-state index contributed by atoms with van der Waals surface area (Å²) >= 11 is 6.66. The predicted molar refractivity (Wildman–Crippen MR) is 168 cm³/mol. The first-order chi connectivity index (χ1) is 20.6. The van der Waals surface area contributed by atoms with Gasteiger partial charge in [0.2, 0.25) is 5.91 Å². The number of aliphatic hydroxyl groups excluding tert-OH is 1. The van der Waals surface area contributed by atoms with Crippen LogP contribution in [0.5, 0.6) is 0 Å². The Balaban J connectivity index is 1.73. The van der Waals surface area contributed by atoms with Crippen molar-refractivity contribution >= 4 is 35.1 Å². The van der Waals surface area contributed by atoms with Crippen LogP contribution in [0, 0.1) is 24.7 Å². The zero-order valence-electron chi connectivity index (χ0n) is 25.9. The number of nitrogens with zero attached hydrogens (tertiary/aromatic N) is 2. The molecule has 3 unspecified atom stereocenters. The maximum atomic E-state index is 14.8. The van der Waals surface area contributed by atoms with Gasteiger partial charge in [0.25, 0.3) is 5.91 Å². The van der Waals surface area contributed by atoms with E-state index in [0.29, 0.717) is 42.9 Å². The highest BCUT2D eigenvalue weighted by molar-refractivity contribution is 6.34. The van der Waals surface area contributed by atoms with E-state index >= 15 is 0 Å². The first-order valence-electron chi connectivity index (χ1n) is 15.7. The van der Waals surface area contributed by atoms with Crippen LogP contribution < -0.4 is 4.90 Å². The number of likely N-dealkylation sites (tertiary alicyclic amines) is 1. The molecule has 1 aromatic carbocycles. The summed E-state index contributed by atoms with van der Waals surface area (Å²) in [6, 6.07) is 4.54. The molecular weight excluding hydrogens is 568 g/mol. The molecule has 3 aliphatic rings. The van der Waals surface area contributed by atoms with E-state index in [2.05, 4.69) is 13.2 Å². The molecule has 0 aliphatic carbocycles. The number of benzene rings is 1. The van der Waals surface area contributed by atoms with Gasteiger partial charge in [0, 0.05) is 19.7 Å². The summed E-state index contributed by atoms with van der Waals surface area (Å²) in [5.74, 6) is -2.68. The number of carbonyl (C=O) groups is 3. The molecule has 1 aromatic rings. The van der Waals surface area contributed by atoms with Gasteiger partial charge in [-0.1, -0.05) is 55.7 Å². The van der Waals surface area contributed by atoms with Crippen molar-refractivity contribution in [3.8, 4) is 0 Å². The van der Waals surface area contributed by atoms with Crippen LogP contribution in [0.25, 0.3) is 0 Å². The number of anilines is 1. The molecule has 0 aromatic heterocycles. The summed E-state index contributed by atoms with van der Waals surface area (Å²) in [6.07, 6.45) is 9.33. The van der Waals surface area contributed by atoms with Crippen LogP contribution >= 0.6 is 11.6 Å². The zero-order valence-corrected chi connectivity index (χ0v) is 26.6. The Kier molecular flexibility index (Phi) is 10.8. The van der Waals surface area contributed by atoms with E-state index < -0.39 is 35.0 Å². The van der Waals surface area contributed by atoms with E-state index in [9.17, 15) is 19.5 Å². The van der Waals surface area contributed by atoms with Gasteiger partial charge in [-0.15, -0.1) is 13.2 Å². The maximum absolute atomic E-state index is 14.8. The first-order valence-corrected chi connectivity index (χ1v) is 16.0. The lowest BCUT2D eigenvalue weighted by molar-refractivity contribution is -0.161. The smallest absolute Gasteiger partial charge is 0.312 e. The third kappa shape index (κ3) is 6.03. The number of carbonyl (C=O) groups excluding carboxylic acids is 3. The number of hydrogen-bond donors (Lipinski definition) is 1. The molecule has 9 heteroatoms. The Bertz CT molecular complexity index is 1200. The number of halogens is 1. The van der Waals surface area contributed by atoms with E-state index in [-0.39, 0.29) is 37.5 Å². The van der Waals surface area contributed by atoms with Crippen LogP contribution in [0.15, 0.2) is 43.5 Å². The van der Waals surface area contributed by atoms with Gasteiger partial charge in [0.15, 0.2) is 0 Å². The molecule has 43 heavy (non-hydrogen) atoms. The minimum absolute atomic E-state index is 0.0791. The third-order valence-electron chi connectivity index (χ3n) is 9.69. The highest BCUT2D eigenvalue weighted by Crippen LogP contribution is 2.65. The van der Waals surface area contributed by atoms with Crippen molar-refractivity contribution < 1.29 is 29.0 Å². The lowest BCUT2D eigenvalue weighted by Gasteiger charge is -2.37. The van der Waals surface area contributed by atoms with Crippen LogP contribution in [0.2, 0.25) is 5.02 Å². The molecule has 2 amide bonds. The largest absolute Gasteiger partial charge is 0.465 e. The molecule has 1 N–H and O–H groups in total. The van der Waals surface area contributed by atoms with Crippen molar-refractivity contribution in [2.75, 3.05) is 31.2 Å². The fraction of sp³-hybridized carbons (Fsp3) is 0.618. The van der Waals surface area contributed by atoms with E-state index in [1.165, 1.54) is 0 Å². The van der Waals surface area contributed by atoms with Crippen molar-refractivity contribution in [2.45, 2.75) is 89.4 Å². The minimum atomic E-state index is -1.17. The summed E-state index contributed by atoms with van der Waals surface area (Å²) in [7, 11) is 0. The van der Waals surface area contributed by atoms with Crippen LogP contribution in [-0.4, -0.2) is 71.3 Å². The predicted octanol–water partition coefficient (Wildman–Crippen LogP) is 5.63. The van der Waals surface area contributed by atoms with Gasteiger partial charge in [-0.2, -0.15) is 0 Å². The van der Waals surface area contributed by atoms with Gasteiger partial charge in [-0.05, 0) is 69.9 Å². The molecule has 3 fully saturated rings. The van der Waals surface area contributed by atoms with Gasteiger partial charge < -0.3 is 24.4 Å². The second kappa shape index (κ2) is 14.0. The molecule has 6 atom stereocenters. The van der Waals surface area contributed by atoms with Crippen LogP contribution in [0.1, 0.15) is 70.8 Å². The zero-order chi connectivity index (χ0) is 31.4. The van der Waals surface area contributed by atoms with Crippen molar-refractivity contribution in [2.24, 2.45) is 17.8 Å². The highest BCUT2D eigenvalue weighted by atomic mass is 35.5. The third-order valence-corrected chi connectivity index (χ3v) is 10.00. The molecule has 0 radical (unpaired) electrons. The molecule has 236 valence electrons. The SMILES string of the molecule is C=CCCCCOC(=O)[C@@H]1[C@H]2C(=O)N(CCCCCCO)C(C(=O)N(CC=C)c3c(C)cccc3Cl)C23CC(C)[C@@]1(C)O3. The number of amides is 2. The van der Waals surface area contributed by atoms with Gasteiger partial charge in [0.05, 0.1) is 28.8 Å². The molecule has 3 aliphatic heterocycles. The monoisotopic (exact) mass is 614 g/mol. The topological polar surface area (TPSA) is 96.4 Å². The van der Waals surface area contributed by atoms with Gasteiger partial charge in [-0.25, -0.2) is 0 Å². The molecule has 2 bridgehead atoms. The fourth-order valence-electron chi connectivity index (χ4n) is 7.55. The number of allylic oxidation sites excluding steroid dienone is 1. The first kappa shape index (κ1) is 33.2. The second-order valence-corrected chi connectivity index (χ2v) is 12.9. The molecule has 1 spiro atoms. The lowest BCUT2D eigenvalue weighted by Crippen LogP contribution is -2.57. The Morgan fingerprint density at radius 2 is 1.93 bits per heavy atom. The number of esters is 1. The average molecular weight is 615 g/mol. The maximum Gasteiger partial charge on any atom is 0.312 e. The average Bonchev–Trinajstić information content (AvgIpc) is 3.48. The summed E-state index contributed by atoms with van der Waals surface area (Å²) in [5, 5.41) is 9.64. The van der Waals surface area contributed by atoms with Crippen molar-refractivity contribution in [1.82, 2.24) is 4.90 Å². The molecule has 4 rings (SSSR count). The highest BCUT2D eigenvalue weighted by Gasteiger charge is 2.80. The molecule has 8 nitrogen and oxygen atoms in total. The fourth-order valence-corrected chi connectivity index (χ4v) is 7.87. The Labute approximate surface area is 261 Å². The van der Waals surface area contributed by atoms with Crippen LogP contribution in [0.3, 0.4) is 0 Å². The van der Waals surface area contributed by atoms with Crippen LogP contribution in [-0.2, 0) is 23.9 Å². The number of hydrogen-bond acceptors (Lipinski definition) is 6. The lowest BCUT2D eigenvalue weighted by atomic mass is 9.62.